The molecule has 16 heavy (non-hydrogen) atoms. The molecular weight excluding hydrogens is 250 g/mol. The Labute approximate surface area is 99.9 Å². The number of halogens is 1. The third-order valence-electron chi connectivity index (χ3n) is 1.79. The van der Waals surface area contributed by atoms with Crippen LogP contribution in [-0.4, -0.2) is 20.6 Å². The van der Waals surface area contributed by atoms with Crippen molar-refractivity contribution in [2.45, 2.75) is 0 Å². The van der Waals surface area contributed by atoms with Gasteiger partial charge in [-0.1, -0.05) is 16.1 Å². The number of phenolic OH excluding ortho intramolecular Hbond substituents is 1. The highest BCUT2D eigenvalue weighted by Gasteiger charge is 2.10. The molecule has 0 atom stereocenters. The number of hydrogen-bond donors (Lipinski definition) is 2. The molecule has 0 aliphatic carbocycles. The minimum atomic E-state index is -0.331. The van der Waals surface area contributed by atoms with Gasteiger partial charge in [-0.15, -0.1) is 5.10 Å². The molecule has 1 heterocycles. The molecule has 0 aliphatic heterocycles. The van der Waals surface area contributed by atoms with E-state index in [0.29, 0.717) is 10.6 Å². The molecule has 2 rings (SSSR count). The summed E-state index contributed by atoms with van der Waals surface area (Å²) in [6, 6.07) is 4.30. The molecule has 7 heteroatoms. The van der Waals surface area contributed by atoms with Gasteiger partial charge in [-0.05, 0) is 23.7 Å². The van der Waals surface area contributed by atoms with Gasteiger partial charge in [0.2, 0.25) is 0 Å². The van der Waals surface area contributed by atoms with Gasteiger partial charge in [-0.25, -0.2) is 0 Å². The molecule has 0 bridgehead atoms. The number of carbonyl (C=O) groups is 1. The van der Waals surface area contributed by atoms with Crippen LogP contribution >= 0.6 is 23.1 Å². The minimum Gasteiger partial charge on any atom is -0.508 e. The average Bonchev–Trinajstić information content (AvgIpc) is 2.75. The van der Waals surface area contributed by atoms with Crippen molar-refractivity contribution in [3.8, 4) is 5.75 Å². The van der Waals surface area contributed by atoms with E-state index in [1.54, 1.807) is 0 Å². The van der Waals surface area contributed by atoms with E-state index in [4.69, 9.17) is 16.7 Å². The summed E-state index contributed by atoms with van der Waals surface area (Å²) in [4.78, 5) is 12.0. The topological polar surface area (TPSA) is 75.1 Å². The van der Waals surface area contributed by atoms with Crippen LogP contribution in [0, 0.1) is 0 Å². The molecule has 1 aromatic heterocycles. The third kappa shape index (κ3) is 2.29. The highest BCUT2D eigenvalue weighted by Crippen LogP contribution is 2.26. The molecule has 1 amide bonds. The predicted molar refractivity (Wildman–Crippen MR) is 61.0 cm³/mol. The van der Waals surface area contributed by atoms with Crippen molar-refractivity contribution >= 4 is 34.7 Å². The van der Waals surface area contributed by atoms with Gasteiger partial charge in [-0.2, -0.15) is 0 Å². The van der Waals surface area contributed by atoms with Crippen molar-refractivity contribution < 1.29 is 9.90 Å². The third-order valence-corrected chi connectivity index (χ3v) is 2.76. The van der Waals surface area contributed by atoms with E-state index >= 15 is 0 Å². The second-order valence-electron chi connectivity index (χ2n) is 2.90. The van der Waals surface area contributed by atoms with Gasteiger partial charge in [0, 0.05) is 6.07 Å². The standard InChI is InChI=1S/C9H6ClN3O2S/c10-6-3-5(14)1-2-7(6)12-9(15)8-4-11-13-16-8/h1-4,14H,(H,12,15). The normalized spacial score (nSPS) is 10.1. The lowest BCUT2D eigenvalue weighted by Gasteiger charge is -2.05. The SMILES string of the molecule is O=C(Nc1ccc(O)cc1Cl)c1cnns1. The zero-order valence-corrected chi connectivity index (χ0v) is 9.42. The quantitative estimate of drug-likeness (QED) is 0.807. The van der Waals surface area contributed by atoms with Gasteiger partial charge in [0.25, 0.3) is 5.91 Å². The Kier molecular flexibility index (Phi) is 3.02. The molecule has 0 saturated carbocycles. The van der Waals surface area contributed by atoms with E-state index in [-0.39, 0.29) is 16.7 Å². The summed E-state index contributed by atoms with van der Waals surface area (Å²) >= 11 is 6.83. The second-order valence-corrected chi connectivity index (χ2v) is 4.09. The maximum atomic E-state index is 11.6. The molecule has 82 valence electrons. The summed E-state index contributed by atoms with van der Waals surface area (Å²) in [5.41, 5.74) is 0.429. The number of carbonyl (C=O) groups excluding carboxylic acids is 1. The van der Waals surface area contributed by atoms with Crippen molar-refractivity contribution in [1.29, 1.82) is 0 Å². The first-order valence-electron chi connectivity index (χ1n) is 4.24. The van der Waals surface area contributed by atoms with Gasteiger partial charge in [0.05, 0.1) is 16.9 Å². The van der Waals surface area contributed by atoms with Crippen molar-refractivity contribution in [1.82, 2.24) is 9.59 Å². The van der Waals surface area contributed by atoms with E-state index in [1.807, 2.05) is 0 Å². The Morgan fingerprint density at radius 2 is 2.31 bits per heavy atom. The highest BCUT2D eigenvalue weighted by atomic mass is 35.5. The number of phenols is 1. The van der Waals surface area contributed by atoms with Gasteiger partial charge in [0.15, 0.2) is 0 Å². The number of nitrogens with one attached hydrogen (secondary N) is 1. The molecule has 0 radical (unpaired) electrons. The van der Waals surface area contributed by atoms with Gasteiger partial charge < -0.3 is 10.4 Å². The molecule has 0 unspecified atom stereocenters. The Hall–Kier alpha value is -1.66. The lowest BCUT2D eigenvalue weighted by atomic mass is 10.3. The van der Waals surface area contributed by atoms with Crippen molar-refractivity contribution in [3.05, 3.63) is 34.3 Å². The molecule has 5 nitrogen and oxygen atoms in total. The minimum absolute atomic E-state index is 0.0439. The van der Waals surface area contributed by atoms with Crippen LogP contribution in [0.1, 0.15) is 9.67 Å². The lowest BCUT2D eigenvalue weighted by molar-refractivity contribution is 0.103. The first-order valence-corrected chi connectivity index (χ1v) is 5.39. The van der Waals surface area contributed by atoms with Crippen LogP contribution < -0.4 is 5.32 Å². The summed E-state index contributed by atoms with van der Waals surface area (Å²) in [5.74, 6) is -0.287. The summed E-state index contributed by atoms with van der Waals surface area (Å²) in [6.07, 6.45) is 1.37. The Morgan fingerprint density at radius 3 is 2.94 bits per heavy atom. The monoisotopic (exact) mass is 255 g/mol. The molecule has 2 aromatic rings. The van der Waals surface area contributed by atoms with Crippen LogP contribution in [0.25, 0.3) is 0 Å². The van der Waals surface area contributed by atoms with Gasteiger partial charge in [0.1, 0.15) is 10.6 Å². The largest absolute Gasteiger partial charge is 0.508 e. The van der Waals surface area contributed by atoms with Gasteiger partial charge in [-0.3, -0.25) is 4.79 Å². The highest BCUT2D eigenvalue weighted by molar-refractivity contribution is 7.07. The average molecular weight is 256 g/mol. The molecular formula is C9H6ClN3O2S. The maximum Gasteiger partial charge on any atom is 0.269 e. The molecule has 2 N–H and O–H groups in total. The maximum absolute atomic E-state index is 11.6. The van der Waals surface area contributed by atoms with Crippen LogP contribution in [0.5, 0.6) is 5.75 Å². The van der Waals surface area contributed by atoms with Crippen LogP contribution in [0.3, 0.4) is 0 Å². The Bertz CT molecular complexity index is 515. The first kappa shape index (κ1) is 10.8. The Balaban J connectivity index is 2.18. The molecule has 0 saturated heterocycles. The van der Waals surface area contributed by atoms with Crippen LogP contribution in [0.4, 0.5) is 5.69 Å². The van der Waals surface area contributed by atoms with Crippen molar-refractivity contribution in [3.63, 3.8) is 0 Å². The van der Waals surface area contributed by atoms with E-state index < -0.39 is 0 Å². The van der Waals surface area contributed by atoms with E-state index in [2.05, 4.69) is 14.9 Å². The molecule has 0 fully saturated rings. The fraction of sp³-hybridized carbons (Fsp3) is 0. The molecule has 1 aromatic carbocycles. The van der Waals surface area contributed by atoms with Crippen LogP contribution in [-0.2, 0) is 0 Å². The van der Waals surface area contributed by atoms with Crippen LogP contribution in [0.15, 0.2) is 24.4 Å². The number of nitrogens with zero attached hydrogens (tertiary/aromatic N) is 2. The van der Waals surface area contributed by atoms with Crippen molar-refractivity contribution in [2.75, 3.05) is 5.32 Å². The van der Waals surface area contributed by atoms with E-state index in [0.717, 1.165) is 11.5 Å². The molecule has 0 spiro atoms. The molecule has 0 aliphatic rings. The fourth-order valence-electron chi connectivity index (χ4n) is 1.06. The summed E-state index contributed by atoms with van der Waals surface area (Å²) in [6.45, 7) is 0. The number of amides is 1. The summed E-state index contributed by atoms with van der Waals surface area (Å²) in [7, 11) is 0. The number of hydrogen-bond acceptors (Lipinski definition) is 5. The first-order chi connectivity index (χ1) is 7.66. The number of aromatic nitrogens is 2. The number of anilines is 1. The number of aromatic hydroxyl groups is 1. The lowest BCUT2D eigenvalue weighted by Crippen LogP contribution is -2.10. The smallest absolute Gasteiger partial charge is 0.269 e. The number of rotatable bonds is 2. The van der Waals surface area contributed by atoms with Crippen LogP contribution in [0.2, 0.25) is 5.02 Å². The van der Waals surface area contributed by atoms with Crippen molar-refractivity contribution in [2.24, 2.45) is 0 Å². The zero-order chi connectivity index (χ0) is 11.5. The fourth-order valence-corrected chi connectivity index (χ4v) is 1.69. The zero-order valence-electron chi connectivity index (χ0n) is 7.85. The van der Waals surface area contributed by atoms with E-state index in [1.165, 1.54) is 24.4 Å². The second kappa shape index (κ2) is 4.46. The predicted octanol–water partition coefficient (Wildman–Crippen LogP) is 2.15. The summed E-state index contributed by atoms with van der Waals surface area (Å²) in [5, 5.41) is 15.6. The van der Waals surface area contributed by atoms with E-state index in [9.17, 15) is 4.79 Å². The summed E-state index contributed by atoms with van der Waals surface area (Å²) < 4.78 is 3.58. The number of benzene rings is 1. The van der Waals surface area contributed by atoms with Gasteiger partial charge >= 0.3 is 0 Å². The Morgan fingerprint density at radius 1 is 1.50 bits per heavy atom.